The number of carboxylic acids is 1. The fraction of sp³-hybridized carbons (Fsp3) is 0.385. The van der Waals surface area contributed by atoms with Gasteiger partial charge in [-0.1, -0.05) is 30.3 Å². The number of carbonyl (C=O) groups excluding carboxylic acids is 1. The molecule has 3 N–H and O–H groups in total. The molecule has 0 amide bonds. The Bertz CT molecular complexity index is 391. The predicted molar refractivity (Wildman–Crippen MR) is 66.0 cm³/mol. The number of nitrogens with two attached hydrogens (primary N) is 1. The molecule has 0 radical (unpaired) electrons. The van der Waals surface area contributed by atoms with Gasteiger partial charge < -0.3 is 15.6 Å². The molecule has 0 fully saturated rings. The number of benzene rings is 1. The van der Waals surface area contributed by atoms with Crippen LogP contribution in [0.25, 0.3) is 0 Å². The van der Waals surface area contributed by atoms with Crippen LogP contribution in [0, 0.1) is 0 Å². The van der Waals surface area contributed by atoms with Crippen molar-refractivity contribution in [1.82, 2.24) is 0 Å². The number of rotatable bonds is 7. The van der Waals surface area contributed by atoms with E-state index >= 15 is 0 Å². The van der Waals surface area contributed by atoms with Crippen molar-refractivity contribution in [3.05, 3.63) is 35.9 Å². The van der Waals surface area contributed by atoms with E-state index in [1.807, 2.05) is 30.3 Å². The first-order valence-electron chi connectivity index (χ1n) is 5.77. The predicted octanol–water partition coefficient (Wildman–Crippen LogP) is 0.964. The number of hydrogen-bond acceptors (Lipinski definition) is 4. The standard InChI is InChI=1S/C13H17NO4/c14-11(9-10-5-2-1-3-6-10)13(17)18-8-4-7-12(15)16/h1-3,5-6,11H,4,7-9,14H2,(H,15,16)/t11-/m1/s1. The molecule has 0 saturated heterocycles. The second-order valence-electron chi connectivity index (χ2n) is 3.96. The van der Waals surface area contributed by atoms with Crippen molar-refractivity contribution in [2.24, 2.45) is 5.73 Å². The summed E-state index contributed by atoms with van der Waals surface area (Å²) in [7, 11) is 0. The molecule has 0 unspecified atom stereocenters. The minimum absolute atomic E-state index is 0.0127. The Morgan fingerprint density at radius 1 is 1.28 bits per heavy atom. The van der Waals surface area contributed by atoms with Crippen LogP contribution >= 0.6 is 0 Å². The highest BCUT2D eigenvalue weighted by Crippen LogP contribution is 2.03. The van der Waals surface area contributed by atoms with Gasteiger partial charge in [0, 0.05) is 6.42 Å². The van der Waals surface area contributed by atoms with Crippen LogP contribution in [0.3, 0.4) is 0 Å². The molecule has 0 heterocycles. The first kappa shape index (κ1) is 14.2. The molecule has 98 valence electrons. The number of esters is 1. The average molecular weight is 251 g/mol. The van der Waals surface area contributed by atoms with E-state index in [0.717, 1.165) is 5.56 Å². The van der Waals surface area contributed by atoms with E-state index < -0.39 is 18.0 Å². The molecule has 0 aliphatic carbocycles. The molecule has 18 heavy (non-hydrogen) atoms. The fourth-order valence-electron chi connectivity index (χ4n) is 1.45. The molecule has 5 nitrogen and oxygen atoms in total. The maximum atomic E-state index is 11.5. The maximum Gasteiger partial charge on any atom is 0.323 e. The van der Waals surface area contributed by atoms with Gasteiger partial charge in [0.05, 0.1) is 6.61 Å². The second-order valence-corrected chi connectivity index (χ2v) is 3.96. The van der Waals surface area contributed by atoms with Crippen LogP contribution in [-0.4, -0.2) is 29.7 Å². The van der Waals surface area contributed by atoms with Gasteiger partial charge in [0.2, 0.25) is 0 Å². The summed E-state index contributed by atoms with van der Waals surface area (Å²) in [5.74, 6) is -1.40. The Morgan fingerprint density at radius 3 is 2.56 bits per heavy atom. The van der Waals surface area contributed by atoms with Crippen molar-refractivity contribution in [2.75, 3.05) is 6.61 Å². The third-order valence-electron chi connectivity index (χ3n) is 2.38. The Labute approximate surface area is 106 Å². The van der Waals surface area contributed by atoms with Gasteiger partial charge in [0.1, 0.15) is 6.04 Å². The number of aliphatic carboxylic acids is 1. The van der Waals surface area contributed by atoms with Crippen molar-refractivity contribution < 1.29 is 19.4 Å². The summed E-state index contributed by atoms with van der Waals surface area (Å²) in [6.07, 6.45) is 0.707. The average Bonchev–Trinajstić information content (AvgIpc) is 2.35. The Kier molecular flexibility index (Phi) is 5.87. The zero-order chi connectivity index (χ0) is 13.4. The van der Waals surface area contributed by atoms with E-state index in [4.69, 9.17) is 15.6 Å². The van der Waals surface area contributed by atoms with Crippen molar-refractivity contribution >= 4 is 11.9 Å². The lowest BCUT2D eigenvalue weighted by molar-refractivity contribution is -0.146. The summed E-state index contributed by atoms with van der Waals surface area (Å²) >= 11 is 0. The van der Waals surface area contributed by atoms with Crippen LogP contribution in [0.5, 0.6) is 0 Å². The molecular formula is C13H17NO4. The van der Waals surface area contributed by atoms with Crippen LogP contribution in [-0.2, 0) is 20.7 Å². The second kappa shape index (κ2) is 7.45. The zero-order valence-corrected chi connectivity index (χ0v) is 10.0. The van der Waals surface area contributed by atoms with Gasteiger partial charge in [-0.15, -0.1) is 0 Å². The monoisotopic (exact) mass is 251 g/mol. The Balaban J connectivity index is 2.27. The summed E-state index contributed by atoms with van der Waals surface area (Å²) in [5, 5.41) is 8.42. The van der Waals surface area contributed by atoms with E-state index in [2.05, 4.69) is 0 Å². The molecule has 5 heteroatoms. The van der Waals surface area contributed by atoms with E-state index in [9.17, 15) is 9.59 Å². The smallest absolute Gasteiger partial charge is 0.323 e. The highest BCUT2D eigenvalue weighted by atomic mass is 16.5. The minimum atomic E-state index is -0.903. The summed E-state index contributed by atoms with van der Waals surface area (Å²) in [6.45, 7) is 0.0909. The Hall–Kier alpha value is -1.88. The van der Waals surface area contributed by atoms with Gasteiger partial charge in [0.25, 0.3) is 0 Å². The van der Waals surface area contributed by atoms with E-state index in [1.54, 1.807) is 0 Å². The molecule has 0 aliphatic heterocycles. The molecule has 0 bridgehead atoms. The van der Waals surface area contributed by atoms with Crippen molar-refractivity contribution in [3.63, 3.8) is 0 Å². The number of hydrogen-bond donors (Lipinski definition) is 2. The fourth-order valence-corrected chi connectivity index (χ4v) is 1.45. The Morgan fingerprint density at radius 2 is 1.94 bits per heavy atom. The lowest BCUT2D eigenvalue weighted by atomic mass is 10.1. The minimum Gasteiger partial charge on any atom is -0.481 e. The quantitative estimate of drug-likeness (QED) is 0.556. The molecule has 1 atom stereocenters. The third kappa shape index (κ3) is 5.45. The van der Waals surface area contributed by atoms with Gasteiger partial charge in [-0.05, 0) is 18.4 Å². The van der Waals surface area contributed by atoms with Gasteiger partial charge >= 0.3 is 11.9 Å². The molecule has 0 aliphatic rings. The van der Waals surface area contributed by atoms with E-state index in [-0.39, 0.29) is 13.0 Å². The van der Waals surface area contributed by atoms with Crippen LogP contribution in [0.1, 0.15) is 18.4 Å². The summed E-state index contributed by atoms with van der Waals surface area (Å²) in [6, 6.07) is 8.70. The highest BCUT2D eigenvalue weighted by molar-refractivity contribution is 5.75. The van der Waals surface area contributed by atoms with Crippen LogP contribution in [0.4, 0.5) is 0 Å². The first-order chi connectivity index (χ1) is 8.59. The molecule has 0 spiro atoms. The van der Waals surface area contributed by atoms with E-state index in [0.29, 0.717) is 12.8 Å². The van der Waals surface area contributed by atoms with Gasteiger partial charge in [-0.3, -0.25) is 9.59 Å². The zero-order valence-electron chi connectivity index (χ0n) is 10.0. The number of ether oxygens (including phenoxy) is 1. The molecule has 0 aromatic heterocycles. The topological polar surface area (TPSA) is 89.6 Å². The van der Waals surface area contributed by atoms with Gasteiger partial charge in [-0.25, -0.2) is 0 Å². The molecule has 1 aromatic rings. The lowest BCUT2D eigenvalue weighted by Gasteiger charge is -2.11. The van der Waals surface area contributed by atoms with E-state index in [1.165, 1.54) is 0 Å². The summed E-state index contributed by atoms with van der Waals surface area (Å²) in [5.41, 5.74) is 6.67. The summed E-state index contributed by atoms with van der Waals surface area (Å²) in [4.78, 5) is 21.8. The largest absolute Gasteiger partial charge is 0.481 e. The SMILES string of the molecule is N[C@H](Cc1ccccc1)C(=O)OCCCC(=O)O. The normalized spacial score (nSPS) is 11.8. The van der Waals surface area contributed by atoms with Crippen molar-refractivity contribution in [2.45, 2.75) is 25.3 Å². The molecular weight excluding hydrogens is 234 g/mol. The first-order valence-corrected chi connectivity index (χ1v) is 5.77. The third-order valence-corrected chi connectivity index (χ3v) is 2.38. The number of carboxylic acid groups (broad SMARTS) is 1. The summed E-state index contributed by atoms with van der Waals surface area (Å²) < 4.78 is 4.90. The van der Waals surface area contributed by atoms with Gasteiger partial charge in [0.15, 0.2) is 0 Å². The maximum absolute atomic E-state index is 11.5. The van der Waals surface area contributed by atoms with Crippen molar-refractivity contribution in [3.8, 4) is 0 Å². The highest BCUT2D eigenvalue weighted by Gasteiger charge is 2.15. The van der Waals surface area contributed by atoms with Crippen molar-refractivity contribution in [1.29, 1.82) is 0 Å². The number of carbonyl (C=O) groups is 2. The van der Waals surface area contributed by atoms with Crippen LogP contribution in [0.2, 0.25) is 0 Å². The van der Waals surface area contributed by atoms with Crippen LogP contribution < -0.4 is 5.73 Å². The molecule has 0 saturated carbocycles. The molecule has 1 aromatic carbocycles. The molecule has 1 rings (SSSR count). The lowest BCUT2D eigenvalue weighted by Crippen LogP contribution is -2.34. The van der Waals surface area contributed by atoms with Crippen LogP contribution in [0.15, 0.2) is 30.3 Å². The van der Waals surface area contributed by atoms with Gasteiger partial charge in [-0.2, -0.15) is 0 Å².